The van der Waals surface area contributed by atoms with Crippen molar-refractivity contribution in [3.63, 3.8) is 0 Å². The summed E-state index contributed by atoms with van der Waals surface area (Å²) in [5, 5.41) is 3.63. The van der Waals surface area contributed by atoms with Crippen LogP contribution < -0.4 is 5.32 Å². The minimum Gasteiger partial charge on any atom is -0.341 e. The fraction of sp³-hybridized carbons (Fsp3) is 0.600. The maximum absolute atomic E-state index is 12.9. The average Bonchev–Trinajstić information content (AvgIpc) is 3.00. The fourth-order valence-electron chi connectivity index (χ4n) is 4.49. The molecular weight excluding hydrogens is 350 g/mol. The smallest absolute Gasteiger partial charge is 0.253 e. The second-order valence-corrected chi connectivity index (χ2v) is 7.64. The lowest BCUT2D eigenvalue weighted by Gasteiger charge is -2.34. The molecule has 3 aliphatic heterocycles. The highest BCUT2D eigenvalue weighted by Gasteiger charge is 2.35. The third-order valence-corrected chi connectivity index (χ3v) is 5.99. The molecule has 0 spiro atoms. The van der Waals surface area contributed by atoms with Crippen LogP contribution >= 0.6 is 12.4 Å². The Morgan fingerprint density at radius 3 is 2.23 bits per heavy atom. The molecule has 0 radical (unpaired) electrons. The van der Waals surface area contributed by atoms with E-state index in [1.807, 2.05) is 35.2 Å². The van der Waals surface area contributed by atoms with Gasteiger partial charge in [-0.15, -0.1) is 12.4 Å². The van der Waals surface area contributed by atoms with Crippen molar-refractivity contribution >= 4 is 24.2 Å². The summed E-state index contributed by atoms with van der Waals surface area (Å²) >= 11 is 0. The SMILES string of the molecule is Cl.O=C(c1ccccc1)N1CCC(C(=O)N2CCC3CCC(C2)N3)CC1. The first-order valence-electron chi connectivity index (χ1n) is 9.60. The number of piperidine rings is 1. The van der Waals surface area contributed by atoms with Gasteiger partial charge in [-0.3, -0.25) is 9.59 Å². The van der Waals surface area contributed by atoms with Crippen molar-refractivity contribution in [2.45, 2.75) is 44.2 Å². The molecule has 3 aliphatic rings. The summed E-state index contributed by atoms with van der Waals surface area (Å²) in [5.74, 6) is 0.473. The third-order valence-electron chi connectivity index (χ3n) is 5.99. The van der Waals surface area contributed by atoms with Crippen LogP contribution in [-0.4, -0.2) is 59.9 Å². The Labute approximate surface area is 161 Å². The highest BCUT2D eigenvalue weighted by Crippen LogP contribution is 2.25. The Hall–Kier alpha value is -1.59. The van der Waals surface area contributed by atoms with E-state index < -0.39 is 0 Å². The van der Waals surface area contributed by atoms with Crippen LogP contribution in [0.15, 0.2) is 30.3 Å². The average molecular weight is 378 g/mol. The van der Waals surface area contributed by atoms with Crippen LogP contribution in [0.1, 0.15) is 42.5 Å². The van der Waals surface area contributed by atoms with Gasteiger partial charge < -0.3 is 15.1 Å². The first-order chi connectivity index (χ1) is 12.2. The van der Waals surface area contributed by atoms with E-state index >= 15 is 0 Å². The molecule has 5 nitrogen and oxygen atoms in total. The van der Waals surface area contributed by atoms with E-state index in [9.17, 15) is 9.59 Å². The molecule has 2 unspecified atom stereocenters. The van der Waals surface area contributed by atoms with Crippen LogP contribution in [0.3, 0.4) is 0 Å². The van der Waals surface area contributed by atoms with E-state index in [2.05, 4.69) is 10.2 Å². The largest absolute Gasteiger partial charge is 0.341 e. The number of nitrogens with zero attached hydrogens (tertiary/aromatic N) is 2. The van der Waals surface area contributed by atoms with Crippen LogP contribution in [0.4, 0.5) is 0 Å². The molecule has 1 aromatic carbocycles. The van der Waals surface area contributed by atoms with Crippen LogP contribution in [-0.2, 0) is 4.79 Å². The van der Waals surface area contributed by atoms with Crippen molar-refractivity contribution in [2.75, 3.05) is 26.2 Å². The minimum atomic E-state index is 0. The molecule has 0 aliphatic carbocycles. The summed E-state index contributed by atoms with van der Waals surface area (Å²) in [6.45, 7) is 3.11. The van der Waals surface area contributed by atoms with Gasteiger partial charge in [-0.2, -0.15) is 0 Å². The molecule has 4 rings (SSSR count). The summed E-state index contributed by atoms with van der Waals surface area (Å²) in [6.07, 6.45) is 5.10. The molecule has 3 saturated heterocycles. The molecule has 0 saturated carbocycles. The van der Waals surface area contributed by atoms with E-state index in [4.69, 9.17) is 0 Å². The van der Waals surface area contributed by atoms with Gasteiger partial charge in [0.25, 0.3) is 5.91 Å². The van der Waals surface area contributed by atoms with E-state index in [1.165, 1.54) is 12.8 Å². The molecule has 1 aromatic rings. The van der Waals surface area contributed by atoms with Crippen molar-refractivity contribution in [3.8, 4) is 0 Å². The third kappa shape index (κ3) is 4.04. The summed E-state index contributed by atoms with van der Waals surface area (Å²) in [7, 11) is 0. The molecule has 2 atom stereocenters. The number of hydrogen-bond acceptors (Lipinski definition) is 3. The van der Waals surface area contributed by atoms with Crippen molar-refractivity contribution in [2.24, 2.45) is 5.92 Å². The number of nitrogens with one attached hydrogen (secondary N) is 1. The van der Waals surface area contributed by atoms with E-state index in [-0.39, 0.29) is 24.2 Å². The fourth-order valence-corrected chi connectivity index (χ4v) is 4.49. The number of fused-ring (bicyclic) bond motifs is 2. The van der Waals surface area contributed by atoms with Gasteiger partial charge in [0.05, 0.1) is 0 Å². The van der Waals surface area contributed by atoms with Gasteiger partial charge in [-0.1, -0.05) is 18.2 Å². The predicted octanol–water partition coefficient (Wildman–Crippen LogP) is 2.31. The normalized spacial score (nSPS) is 26.2. The number of likely N-dealkylation sites (tertiary alicyclic amines) is 2. The predicted molar refractivity (Wildman–Crippen MR) is 103 cm³/mol. The maximum atomic E-state index is 12.9. The van der Waals surface area contributed by atoms with Gasteiger partial charge in [-0.25, -0.2) is 0 Å². The van der Waals surface area contributed by atoms with E-state index in [1.54, 1.807) is 0 Å². The zero-order valence-electron chi connectivity index (χ0n) is 15.1. The molecule has 26 heavy (non-hydrogen) atoms. The zero-order valence-corrected chi connectivity index (χ0v) is 15.9. The van der Waals surface area contributed by atoms with Crippen LogP contribution in [0.2, 0.25) is 0 Å². The topological polar surface area (TPSA) is 52.7 Å². The molecule has 2 amide bonds. The number of rotatable bonds is 2. The van der Waals surface area contributed by atoms with Crippen molar-refractivity contribution < 1.29 is 9.59 Å². The lowest BCUT2D eigenvalue weighted by Crippen LogP contribution is -2.46. The van der Waals surface area contributed by atoms with E-state index in [0.717, 1.165) is 37.9 Å². The van der Waals surface area contributed by atoms with Crippen LogP contribution in [0, 0.1) is 5.92 Å². The van der Waals surface area contributed by atoms with Gasteiger partial charge in [0.15, 0.2) is 0 Å². The summed E-state index contributed by atoms with van der Waals surface area (Å²) in [4.78, 5) is 29.4. The number of carbonyl (C=O) groups is 2. The van der Waals surface area contributed by atoms with Crippen LogP contribution in [0.25, 0.3) is 0 Å². The molecule has 6 heteroatoms. The first kappa shape index (κ1) is 19.2. The van der Waals surface area contributed by atoms with Crippen LogP contribution in [0.5, 0.6) is 0 Å². The first-order valence-corrected chi connectivity index (χ1v) is 9.60. The van der Waals surface area contributed by atoms with Gasteiger partial charge in [-0.05, 0) is 44.2 Å². The molecule has 3 heterocycles. The molecule has 2 bridgehead atoms. The van der Waals surface area contributed by atoms with E-state index in [0.29, 0.717) is 31.1 Å². The molecule has 3 fully saturated rings. The molecular formula is C20H28ClN3O2. The van der Waals surface area contributed by atoms with Gasteiger partial charge in [0, 0.05) is 49.7 Å². The Bertz CT molecular complexity index is 631. The Kier molecular flexibility index (Phi) is 6.20. The van der Waals surface area contributed by atoms with Gasteiger partial charge in [0.2, 0.25) is 5.91 Å². The number of amides is 2. The second-order valence-electron chi connectivity index (χ2n) is 7.64. The monoisotopic (exact) mass is 377 g/mol. The summed E-state index contributed by atoms with van der Waals surface area (Å²) in [6, 6.07) is 10.5. The van der Waals surface area contributed by atoms with Gasteiger partial charge >= 0.3 is 0 Å². The highest BCUT2D eigenvalue weighted by molar-refractivity contribution is 5.94. The maximum Gasteiger partial charge on any atom is 0.253 e. The van der Waals surface area contributed by atoms with Crippen molar-refractivity contribution in [3.05, 3.63) is 35.9 Å². The highest BCUT2D eigenvalue weighted by atomic mass is 35.5. The Morgan fingerprint density at radius 1 is 0.846 bits per heavy atom. The molecule has 142 valence electrons. The Balaban J connectivity index is 0.00000196. The second kappa shape index (κ2) is 8.40. The minimum absolute atomic E-state index is 0. The lowest BCUT2D eigenvalue weighted by atomic mass is 9.94. The number of benzene rings is 1. The summed E-state index contributed by atoms with van der Waals surface area (Å²) in [5.41, 5.74) is 0.738. The molecule has 1 N–H and O–H groups in total. The zero-order chi connectivity index (χ0) is 17.2. The van der Waals surface area contributed by atoms with Crippen molar-refractivity contribution in [1.82, 2.24) is 15.1 Å². The Morgan fingerprint density at radius 2 is 1.50 bits per heavy atom. The number of halogens is 1. The lowest BCUT2D eigenvalue weighted by molar-refractivity contribution is -0.137. The number of hydrogen-bond donors (Lipinski definition) is 1. The summed E-state index contributed by atoms with van der Waals surface area (Å²) < 4.78 is 0. The number of carbonyl (C=O) groups excluding carboxylic acids is 2. The molecule has 0 aromatic heterocycles. The van der Waals surface area contributed by atoms with Crippen molar-refractivity contribution in [1.29, 1.82) is 0 Å². The van der Waals surface area contributed by atoms with Gasteiger partial charge in [0.1, 0.15) is 0 Å². The quantitative estimate of drug-likeness (QED) is 0.860. The standard InChI is InChI=1S/C20H27N3O2.ClH/c24-19(15-4-2-1-3-5-15)22-11-8-16(9-12-22)20(25)23-13-10-17-6-7-18(14-23)21-17;/h1-5,16-18,21H,6-14H2;1H.